The molecule has 10 heavy (non-hydrogen) atoms. The van der Waals surface area contributed by atoms with Crippen molar-refractivity contribution in [3.63, 3.8) is 0 Å². The van der Waals surface area contributed by atoms with Gasteiger partial charge in [-0.3, -0.25) is 4.79 Å². The van der Waals surface area contributed by atoms with Crippen LogP contribution in [0, 0.1) is 0 Å². The highest BCUT2D eigenvalue weighted by molar-refractivity contribution is 5.86. The summed E-state index contributed by atoms with van der Waals surface area (Å²) in [5.41, 5.74) is -0.297. The van der Waals surface area contributed by atoms with E-state index in [9.17, 15) is 4.79 Å². The van der Waals surface area contributed by atoms with Crippen molar-refractivity contribution in [2.75, 3.05) is 7.05 Å². The molecule has 0 spiro atoms. The fourth-order valence-electron chi connectivity index (χ4n) is 1.57. The molecule has 3 heteroatoms. The Morgan fingerprint density at radius 2 is 2.30 bits per heavy atom. The molecular weight excluding hydrogens is 128 g/mol. The SMILES string of the molecule is CNC(=O)C1(C)C[C@@H](C)N1. The molecule has 3 nitrogen and oxygen atoms in total. The molecule has 0 aromatic carbocycles. The van der Waals surface area contributed by atoms with Crippen molar-refractivity contribution in [3.8, 4) is 0 Å². The fourth-order valence-corrected chi connectivity index (χ4v) is 1.57. The lowest BCUT2D eigenvalue weighted by molar-refractivity contribution is -0.130. The molecule has 1 saturated heterocycles. The summed E-state index contributed by atoms with van der Waals surface area (Å²) in [6, 6.07) is 0.488. The molecule has 1 heterocycles. The number of rotatable bonds is 1. The van der Waals surface area contributed by atoms with Crippen LogP contribution >= 0.6 is 0 Å². The van der Waals surface area contributed by atoms with Crippen LogP contribution in [0.2, 0.25) is 0 Å². The highest BCUT2D eigenvalue weighted by Gasteiger charge is 2.42. The van der Waals surface area contributed by atoms with Gasteiger partial charge in [-0.25, -0.2) is 0 Å². The Morgan fingerprint density at radius 3 is 2.60 bits per heavy atom. The summed E-state index contributed by atoms with van der Waals surface area (Å²) in [5, 5.41) is 5.78. The maximum atomic E-state index is 11.1. The number of nitrogens with one attached hydrogen (secondary N) is 2. The number of carbonyl (C=O) groups is 1. The summed E-state index contributed by atoms with van der Waals surface area (Å²) >= 11 is 0. The van der Waals surface area contributed by atoms with Crippen molar-refractivity contribution < 1.29 is 4.79 Å². The van der Waals surface area contributed by atoms with E-state index in [1.165, 1.54) is 0 Å². The second-order valence-corrected chi connectivity index (χ2v) is 3.16. The van der Waals surface area contributed by atoms with Crippen molar-refractivity contribution in [2.24, 2.45) is 0 Å². The number of likely N-dealkylation sites (N-methyl/N-ethyl adjacent to an activating group) is 1. The maximum absolute atomic E-state index is 11.1. The van der Waals surface area contributed by atoms with Crippen LogP contribution < -0.4 is 10.6 Å². The van der Waals surface area contributed by atoms with E-state index < -0.39 is 0 Å². The molecule has 1 rings (SSSR count). The lowest BCUT2D eigenvalue weighted by Gasteiger charge is -2.43. The smallest absolute Gasteiger partial charge is 0.239 e. The average molecular weight is 142 g/mol. The first-order chi connectivity index (χ1) is 4.58. The van der Waals surface area contributed by atoms with Gasteiger partial charge in [0, 0.05) is 13.1 Å². The summed E-state index contributed by atoms with van der Waals surface area (Å²) in [6.07, 6.45) is 0.937. The number of hydrogen-bond donors (Lipinski definition) is 2. The van der Waals surface area contributed by atoms with Crippen LogP contribution in [0.1, 0.15) is 20.3 Å². The van der Waals surface area contributed by atoms with Gasteiger partial charge >= 0.3 is 0 Å². The molecule has 1 amide bonds. The average Bonchev–Trinajstić information content (AvgIpc) is 1.83. The van der Waals surface area contributed by atoms with Gasteiger partial charge in [0.25, 0.3) is 0 Å². The van der Waals surface area contributed by atoms with Crippen LogP contribution in [-0.2, 0) is 4.79 Å². The third-order valence-electron chi connectivity index (χ3n) is 2.01. The molecule has 1 aliphatic heterocycles. The molecule has 0 bridgehead atoms. The maximum Gasteiger partial charge on any atom is 0.239 e. The van der Waals surface area contributed by atoms with Crippen molar-refractivity contribution in [2.45, 2.75) is 31.8 Å². The quantitative estimate of drug-likeness (QED) is 0.535. The fraction of sp³-hybridized carbons (Fsp3) is 0.857. The first-order valence-corrected chi connectivity index (χ1v) is 3.58. The van der Waals surface area contributed by atoms with Crippen molar-refractivity contribution in [1.29, 1.82) is 0 Å². The molecule has 1 fully saturated rings. The molecular formula is C7H14N2O. The minimum Gasteiger partial charge on any atom is -0.358 e. The van der Waals surface area contributed by atoms with E-state index in [1.54, 1.807) is 7.05 Å². The second kappa shape index (κ2) is 2.23. The first kappa shape index (κ1) is 7.54. The molecule has 0 aromatic rings. The number of amides is 1. The van der Waals surface area contributed by atoms with E-state index in [0.29, 0.717) is 6.04 Å². The Bertz CT molecular complexity index is 150. The summed E-state index contributed by atoms with van der Waals surface area (Å²) < 4.78 is 0. The van der Waals surface area contributed by atoms with Crippen LogP contribution in [-0.4, -0.2) is 24.5 Å². The molecule has 2 atom stereocenters. The molecule has 1 aliphatic rings. The zero-order chi connectivity index (χ0) is 7.78. The standard InChI is InChI=1S/C7H14N2O/c1-5-4-7(2,9-5)6(10)8-3/h5,9H,4H2,1-3H3,(H,8,10)/t5-,7?/m1/s1. The van der Waals surface area contributed by atoms with E-state index in [1.807, 2.05) is 6.92 Å². The zero-order valence-electron chi connectivity index (χ0n) is 6.69. The lowest BCUT2D eigenvalue weighted by Crippen LogP contribution is -2.67. The summed E-state index contributed by atoms with van der Waals surface area (Å²) in [6.45, 7) is 4.00. The predicted octanol–water partition coefficient (Wildman–Crippen LogP) is -0.127. The van der Waals surface area contributed by atoms with E-state index >= 15 is 0 Å². The first-order valence-electron chi connectivity index (χ1n) is 3.58. The van der Waals surface area contributed by atoms with Gasteiger partial charge in [0.15, 0.2) is 0 Å². The predicted molar refractivity (Wildman–Crippen MR) is 39.7 cm³/mol. The minimum absolute atomic E-state index is 0.0885. The van der Waals surface area contributed by atoms with E-state index in [2.05, 4.69) is 17.6 Å². The van der Waals surface area contributed by atoms with Gasteiger partial charge in [-0.05, 0) is 20.3 Å². The van der Waals surface area contributed by atoms with Crippen molar-refractivity contribution in [1.82, 2.24) is 10.6 Å². The number of hydrogen-bond acceptors (Lipinski definition) is 2. The normalized spacial score (nSPS) is 38.5. The van der Waals surface area contributed by atoms with Gasteiger partial charge in [0.1, 0.15) is 0 Å². The van der Waals surface area contributed by atoms with Crippen LogP contribution in [0.4, 0.5) is 0 Å². The monoisotopic (exact) mass is 142 g/mol. The molecule has 0 saturated carbocycles. The molecule has 0 radical (unpaired) electrons. The topological polar surface area (TPSA) is 41.1 Å². The Morgan fingerprint density at radius 1 is 1.80 bits per heavy atom. The summed E-state index contributed by atoms with van der Waals surface area (Å²) in [7, 11) is 1.66. The van der Waals surface area contributed by atoms with Crippen LogP contribution in [0.25, 0.3) is 0 Å². The van der Waals surface area contributed by atoms with Gasteiger partial charge < -0.3 is 10.6 Å². The Kier molecular flexibility index (Phi) is 1.68. The molecule has 2 N–H and O–H groups in total. The molecule has 0 aliphatic carbocycles. The van der Waals surface area contributed by atoms with Gasteiger partial charge in [-0.15, -0.1) is 0 Å². The Hall–Kier alpha value is -0.570. The molecule has 0 aromatic heterocycles. The van der Waals surface area contributed by atoms with Crippen molar-refractivity contribution >= 4 is 5.91 Å². The third-order valence-corrected chi connectivity index (χ3v) is 2.01. The van der Waals surface area contributed by atoms with E-state index in [4.69, 9.17) is 0 Å². The van der Waals surface area contributed by atoms with Crippen LogP contribution in [0.3, 0.4) is 0 Å². The number of carbonyl (C=O) groups excluding carboxylic acids is 1. The molecule has 1 unspecified atom stereocenters. The van der Waals surface area contributed by atoms with E-state index in [-0.39, 0.29) is 11.4 Å². The van der Waals surface area contributed by atoms with Crippen LogP contribution in [0.15, 0.2) is 0 Å². The van der Waals surface area contributed by atoms with Crippen molar-refractivity contribution in [3.05, 3.63) is 0 Å². The highest BCUT2D eigenvalue weighted by Crippen LogP contribution is 2.23. The second-order valence-electron chi connectivity index (χ2n) is 3.16. The largest absolute Gasteiger partial charge is 0.358 e. The Balaban J connectivity index is 2.48. The summed E-state index contributed by atoms with van der Waals surface area (Å²) in [4.78, 5) is 11.1. The van der Waals surface area contributed by atoms with Crippen LogP contribution in [0.5, 0.6) is 0 Å². The van der Waals surface area contributed by atoms with E-state index in [0.717, 1.165) is 6.42 Å². The van der Waals surface area contributed by atoms with Gasteiger partial charge in [0.2, 0.25) is 5.91 Å². The van der Waals surface area contributed by atoms with Gasteiger partial charge in [-0.1, -0.05) is 0 Å². The minimum atomic E-state index is -0.297. The Labute approximate surface area is 61.2 Å². The zero-order valence-corrected chi connectivity index (χ0v) is 6.69. The van der Waals surface area contributed by atoms with Gasteiger partial charge in [-0.2, -0.15) is 0 Å². The third kappa shape index (κ3) is 1.01. The highest BCUT2D eigenvalue weighted by atomic mass is 16.2. The molecule has 58 valence electrons. The van der Waals surface area contributed by atoms with Gasteiger partial charge in [0.05, 0.1) is 5.54 Å². The lowest BCUT2D eigenvalue weighted by atomic mass is 9.83. The summed E-state index contributed by atoms with van der Waals surface area (Å²) in [5.74, 6) is 0.0885.